The van der Waals surface area contributed by atoms with Crippen LogP contribution in [0.4, 0.5) is 11.6 Å². The molecule has 3 rings (SSSR count). The predicted molar refractivity (Wildman–Crippen MR) is 137 cm³/mol. The molecule has 0 saturated carbocycles. The molecule has 2 heterocycles. The van der Waals surface area contributed by atoms with Gasteiger partial charge in [-0.25, -0.2) is 9.97 Å². The number of nitrogens with two attached hydrogens (primary N) is 1. The molecule has 0 spiro atoms. The first kappa shape index (κ1) is 25.0. The minimum atomic E-state index is -0.204. The molecule has 1 amide bonds. The Morgan fingerprint density at radius 1 is 1.24 bits per heavy atom. The number of pyridine rings is 1. The molecule has 3 aromatic rings. The molecule has 0 bridgehead atoms. The highest BCUT2D eigenvalue weighted by molar-refractivity contribution is 6.32. The number of carbonyl (C=O) groups is 1. The van der Waals surface area contributed by atoms with Gasteiger partial charge in [-0.3, -0.25) is 9.78 Å². The second kappa shape index (κ2) is 10.1. The number of hydrogen-bond acceptors (Lipinski definition) is 7. The van der Waals surface area contributed by atoms with E-state index < -0.39 is 0 Å². The average Bonchev–Trinajstić information content (AvgIpc) is 2.83. The van der Waals surface area contributed by atoms with Crippen molar-refractivity contribution < 1.29 is 9.53 Å². The van der Waals surface area contributed by atoms with Crippen LogP contribution in [0, 0.1) is 6.92 Å². The molecule has 0 fully saturated rings. The van der Waals surface area contributed by atoms with Crippen molar-refractivity contribution in [2.45, 2.75) is 19.9 Å². The van der Waals surface area contributed by atoms with Gasteiger partial charge in [-0.05, 0) is 43.2 Å². The molecule has 178 valence electrons. The largest absolute Gasteiger partial charge is 0.496 e. The van der Waals surface area contributed by atoms with Gasteiger partial charge in [-0.1, -0.05) is 24.3 Å². The maximum atomic E-state index is 12.5. The van der Waals surface area contributed by atoms with Gasteiger partial charge in [0, 0.05) is 43.5 Å². The van der Waals surface area contributed by atoms with E-state index in [-0.39, 0.29) is 11.9 Å². The molecule has 9 heteroatoms. The zero-order chi connectivity index (χ0) is 25.2. The van der Waals surface area contributed by atoms with Crippen molar-refractivity contribution >= 4 is 35.2 Å². The van der Waals surface area contributed by atoms with E-state index >= 15 is 0 Å². The van der Waals surface area contributed by atoms with Crippen LogP contribution in [0.1, 0.15) is 40.1 Å². The normalized spacial score (nSPS) is 11.6. The minimum absolute atomic E-state index is 0.188. The molecule has 1 aromatic carbocycles. The number of amides is 1. The first-order valence-electron chi connectivity index (χ1n) is 10.6. The lowest BCUT2D eigenvalue weighted by Gasteiger charge is -2.30. The predicted octanol–water partition coefficient (Wildman–Crippen LogP) is 4.63. The molecule has 8 nitrogen and oxygen atoms in total. The Morgan fingerprint density at radius 2 is 1.94 bits per heavy atom. The van der Waals surface area contributed by atoms with Gasteiger partial charge in [0.25, 0.3) is 5.91 Å². The summed E-state index contributed by atoms with van der Waals surface area (Å²) in [4.78, 5) is 28.7. The van der Waals surface area contributed by atoms with E-state index in [0.29, 0.717) is 33.7 Å². The topological polar surface area (TPSA) is 97.5 Å². The van der Waals surface area contributed by atoms with Crippen LogP contribution < -0.4 is 15.4 Å². The second-order valence-corrected chi connectivity index (χ2v) is 8.50. The molecule has 0 aliphatic rings. The number of halogens is 1. The number of rotatable bonds is 7. The van der Waals surface area contributed by atoms with Gasteiger partial charge in [0.2, 0.25) is 0 Å². The number of ether oxygens (including phenoxy) is 1. The maximum Gasteiger partial charge on any atom is 0.271 e. The van der Waals surface area contributed by atoms with Crippen molar-refractivity contribution in [1.82, 2.24) is 19.9 Å². The summed E-state index contributed by atoms with van der Waals surface area (Å²) in [6.45, 7) is 7.79. The van der Waals surface area contributed by atoms with Crippen LogP contribution in [0.15, 0.2) is 37.3 Å². The van der Waals surface area contributed by atoms with Gasteiger partial charge in [-0.2, -0.15) is 0 Å². The number of hydrogen-bond donors (Lipinski definition) is 1. The summed E-state index contributed by atoms with van der Waals surface area (Å²) in [5, 5.41) is 0.578. The van der Waals surface area contributed by atoms with Crippen LogP contribution in [-0.4, -0.2) is 54.0 Å². The Balaban J connectivity index is 2.19. The number of carbonyl (C=O) groups excluding carboxylic acids is 1. The lowest BCUT2D eigenvalue weighted by molar-refractivity contribution is 0.0822. The maximum absolute atomic E-state index is 12.5. The van der Waals surface area contributed by atoms with Crippen LogP contribution in [0.5, 0.6) is 5.75 Å². The van der Waals surface area contributed by atoms with Gasteiger partial charge in [0.15, 0.2) is 0 Å². The highest BCUT2D eigenvalue weighted by atomic mass is 35.5. The molecule has 0 saturated heterocycles. The smallest absolute Gasteiger partial charge is 0.271 e. The number of nitrogen functional groups attached to an aromatic ring is 1. The Hall–Kier alpha value is -3.65. The third kappa shape index (κ3) is 4.54. The van der Waals surface area contributed by atoms with E-state index in [1.165, 1.54) is 11.2 Å². The lowest BCUT2D eigenvalue weighted by atomic mass is 9.93. The zero-order valence-corrected chi connectivity index (χ0v) is 21.0. The van der Waals surface area contributed by atoms with Crippen LogP contribution in [0.2, 0.25) is 5.02 Å². The van der Waals surface area contributed by atoms with Gasteiger partial charge in [0.05, 0.1) is 18.7 Å². The summed E-state index contributed by atoms with van der Waals surface area (Å²) in [6, 6.07) is 5.28. The number of aromatic nitrogens is 3. The summed E-state index contributed by atoms with van der Waals surface area (Å²) in [5.74, 6) is 1.45. The van der Waals surface area contributed by atoms with Crippen LogP contribution in [-0.2, 0) is 0 Å². The minimum Gasteiger partial charge on any atom is -0.496 e. The van der Waals surface area contributed by atoms with E-state index in [9.17, 15) is 4.79 Å². The van der Waals surface area contributed by atoms with Crippen molar-refractivity contribution in [2.24, 2.45) is 0 Å². The first-order valence-corrected chi connectivity index (χ1v) is 11.0. The standard InChI is InChI=1S/C25H29ClN6O2/c1-8-17-23(27)29-13-30-24(17)32(6)15(3)18-12-19(26)14(2)21(22(18)34-7)16-9-10-28-20(11-16)25(33)31(4)5/h8-13,15H,1H2,2-7H3,(H2,27,29,30). The fourth-order valence-corrected chi connectivity index (χ4v) is 4.03. The van der Waals surface area contributed by atoms with Gasteiger partial charge in [0.1, 0.15) is 29.4 Å². The van der Waals surface area contributed by atoms with Crippen LogP contribution in [0.3, 0.4) is 0 Å². The highest BCUT2D eigenvalue weighted by Gasteiger charge is 2.25. The SMILES string of the molecule is C=Cc1c(N)ncnc1N(C)C(C)c1cc(Cl)c(C)c(-c2ccnc(C(=O)N(C)C)c2)c1OC. The summed E-state index contributed by atoms with van der Waals surface area (Å²) < 4.78 is 5.92. The Kier molecular flexibility index (Phi) is 7.41. The molecule has 34 heavy (non-hydrogen) atoms. The van der Waals surface area contributed by atoms with E-state index in [1.54, 1.807) is 39.5 Å². The Morgan fingerprint density at radius 3 is 2.56 bits per heavy atom. The van der Waals surface area contributed by atoms with Crippen LogP contribution in [0.25, 0.3) is 17.2 Å². The monoisotopic (exact) mass is 480 g/mol. The second-order valence-electron chi connectivity index (χ2n) is 8.10. The lowest BCUT2D eigenvalue weighted by Crippen LogP contribution is -2.25. The molecule has 1 unspecified atom stereocenters. The zero-order valence-electron chi connectivity index (χ0n) is 20.3. The molecular weight excluding hydrogens is 452 g/mol. The molecule has 1 atom stereocenters. The van der Waals surface area contributed by atoms with Crippen molar-refractivity contribution in [2.75, 3.05) is 38.9 Å². The Labute approximate surface area is 205 Å². The summed E-state index contributed by atoms with van der Waals surface area (Å²) in [5.41, 5.74) is 10.3. The van der Waals surface area contributed by atoms with Gasteiger partial charge < -0.3 is 20.3 Å². The summed E-state index contributed by atoms with van der Waals surface area (Å²) >= 11 is 6.70. The van der Waals surface area contributed by atoms with Gasteiger partial charge >= 0.3 is 0 Å². The number of methoxy groups -OCH3 is 1. The van der Waals surface area contributed by atoms with Gasteiger partial charge in [-0.15, -0.1) is 0 Å². The molecule has 0 aliphatic carbocycles. The van der Waals surface area contributed by atoms with Crippen molar-refractivity contribution in [3.8, 4) is 16.9 Å². The molecule has 2 aromatic heterocycles. The van der Waals surface area contributed by atoms with E-state index in [0.717, 1.165) is 22.3 Å². The molecule has 2 N–H and O–H groups in total. The van der Waals surface area contributed by atoms with E-state index in [1.807, 2.05) is 37.9 Å². The summed E-state index contributed by atoms with van der Waals surface area (Å²) in [7, 11) is 6.91. The third-order valence-corrected chi connectivity index (χ3v) is 6.24. The molecular formula is C25H29ClN6O2. The molecule has 0 aliphatic heterocycles. The van der Waals surface area contributed by atoms with Crippen molar-refractivity contribution in [3.63, 3.8) is 0 Å². The fourth-order valence-electron chi connectivity index (χ4n) is 3.82. The van der Waals surface area contributed by atoms with Crippen molar-refractivity contribution in [3.05, 3.63) is 64.7 Å². The molecule has 0 radical (unpaired) electrons. The first-order chi connectivity index (χ1) is 16.1. The third-order valence-electron chi connectivity index (χ3n) is 5.85. The quantitative estimate of drug-likeness (QED) is 0.526. The van der Waals surface area contributed by atoms with E-state index in [4.69, 9.17) is 22.1 Å². The fraction of sp³-hybridized carbons (Fsp3) is 0.280. The number of nitrogens with zero attached hydrogens (tertiary/aromatic N) is 5. The highest BCUT2D eigenvalue weighted by Crippen LogP contribution is 2.44. The summed E-state index contributed by atoms with van der Waals surface area (Å²) in [6.07, 6.45) is 4.67. The number of benzene rings is 1. The van der Waals surface area contributed by atoms with Crippen LogP contribution >= 0.6 is 11.6 Å². The van der Waals surface area contributed by atoms with Crippen molar-refractivity contribution in [1.29, 1.82) is 0 Å². The average molecular weight is 481 g/mol. The Bertz CT molecular complexity index is 1240. The van der Waals surface area contributed by atoms with E-state index in [2.05, 4.69) is 21.5 Å². The number of anilines is 2.